The molecule has 1 unspecified atom stereocenters. The SMILES string of the molecule is NC(Cc1ccc(C(F)(F)P(=O)(O)O)cc1)C(=O)O. The second-order valence-electron chi connectivity index (χ2n) is 3.93. The molecule has 1 aromatic rings. The molecule has 0 saturated heterocycles. The van der Waals surface area contributed by atoms with E-state index in [1.54, 1.807) is 0 Å². The maximum Gasteiger partial charge on any atom is 0.399 e. The number of rotatable bonds is 5. The Kier molecular flexibility index (Phi) is 4.42. The highest BCUT2D eigenvalue weighted by atomic mass is 31.2. The third-order valence-electron chi connectivity index (χ3n) is 2.44. The van der Waals surface area contributed by atoms with Gasteiger partial charge in [0.1, 0.15) is 6.04 Å². The summed E-state index contributed by atoms with van der Waals surface area (Å²) in [4.78, 5) is 27.6. The topological polar surface area (TPSA) is 121 Å². The Labute approximate surface area is 107 Å². The summed E-state index contributed by atoms with van der Waals surface area (Å²) >= 11 is 0. The number of halogens is 2. The van der Waals surface area contributed by atoms with E-state index in [1.165, 1.54) is 0 Å². The molecule has 0 radical (unpaired) electrons. The molecule has 5 N–H and O–H groups in total. The van der Waals surface area contributed by atoms with Gasteiger partial charge in [-0.05, 0) is 12.0 Å². The Morgan fingerprint density at radius 3 is 2.16 bits per heavy atom. The van der Waals surface area contributed by atoms with Crippen LogP contribution in [0.5, 0.6) is 0 Å². The minimum absolute atomic E-state index is 0.0723. The first-order chi connectivity index (χ1) is 8.55. The highest BCUT2D eigenvalue weighted by molar-refractivity contribution is 7.52. The molecule has 1 atom stereocenters. The highest BCUT2D eigenvalue weighted by Gasteiger charge is 2.50. The van der Waals surface area contributed by atoms with Crippen LogP contribution in [0.4, 0.5) is 8.78 Å². The van der Waals surface area contributed by atoms with Crippen LogP contribution in [0.1, 0.15) is 11.1 Å². The molecule has 9 heteroatoms. The molecule has 0 aliphatic heterocycles. The quantitative estimate of drug-likeness (QED) is 0.598. The van der Waals surface area contributed by atoms with Gasteiger partial charge in [0.05, 0.1) is 0 Å². The molecule has 1 rings (SSSR count). The predicted molar refractivity (Wildman–Crippen MR) is 61.7 cm³/mol. The average Bonchev–Trinajstić information content (AvgIpc) is 2.28. The summed E-state index contributed by atoms with van der Waals surface area (Å²) in [7, 11) is -5.60. The van der Waals surface area contributed by atoms with Crippen LogP contribution in [-0.2, 0) is 21.4 Å². The summed E-state index contributed by atoms with van der Waals surface area (Å²) in [6.45, 7) is 0. The Morgan fingerprint density at radius 1 is 1.32 bits per heavy atom. The van der Waals surface area contributed by atoms with Crippen LogP contribution in [0.25, 0.3) is 0 Å². The zero-order valence-corrected chi connectivity index (χ0v) is 10.4. The van der Waals surface area contributed by atoms with Crippen molar-refractivity contribution in [2.24, 2.45) is 5.73 Å². The van der Waals surface area contributed by atoms with Gasteiger partial charge in [-0.3, -0.25) is 9.36 Å². The van der Waals surface area contributed by atoms with E-state index in [0.717, 1.165) is 24.3 Å². The molecule has 0 amide bonds. The fourth-order valence-corrected chi connectivity index (χ4v) is 1.84. The Morgan fingerprint density at radius 2 is 1.79 bits per heavy atom. The van der Waals surface area contributed by atoms with Gasteiger partial charge in [-0.2, -0.15) is 8.78 Å². The van der Waals surface area contributed by atoms with E-state index < -0.39 is 30.8 Å². The van der Waals surface area contributed by atoms with E-state index >= 15 is 0 Å². The van der Waals surface area contributed by atoms with Gasteiger partial charge >= 0.3 is 19.2 Å². The van der Waals surface area contributed by atoms with Gasteiger partial charge in [0.25, 0.3) is 0 Å². The molecular weight excluding hydrogens is 283 g/mol. The molecule has 106 valence electrons. The molecule has 0 aliphatic carbocycles. The number of carboxylic acid groups (broad SMARTS) is 1. The van der Waals surface area contributed by atoms with Crippen molar-refractivity contribution in [1.82, 2.24) is 0 Å². The van der Waals surface area contributed by atoms with Crippen molar-refractivity contribution in [3.05, 3.63) is 35.4 Å². The molecule has 0 bridgehead atoms. The van der Waals surface area contributed by atoms with Crippen molar-refractivity contribution in [3.63, 3.8) is 0 Å². The minimum Gasteiger partial charge on any atom is -0.480 e. The number of nitrogens with two attached hydrogens (primary N) is 1. The van der Waals surface area contributed by atoms with E-state index in [4.69, 9.17) is 20.6 Å². The van der Waals surface area contributed by atoms with Gasteiger partial charge in [0.15, 0.2) is 0 Å². The van der Waals surface area contributed by atoms with Gasteiger partial charge in [0, 0.05) is 5.56 Å². The van der Waals surface area contributed by atoms with E-state index in [0.29, 0.717) is 5.56 Å². The normalized spacial score (nSPS) is 14.2. The fraction of sp³-hybridized carbons (Fsp3) is 0.300. The van der Waals surface area contributed by atoms with E-state index in [-0.39, 0.29) is 6.42 Å². The number of alkyl halides is 2. The molecule has 0 aliphatic rings. The lowest BCUT2D eigenvalue weighted by molar-refractivity contribution is -0.138. The molecule has 19 heavy (non-hydrogen) atoms. The van der Waals surface area contributed by atoms with Crippen LogP contribution in [-0.4, -0.2) is 26.9 Å². The lowest BCUT2D eigenvalue weighted by Gasteiger charge is -2.18. The average molecular weight is 295 g/mol. The third kappa shape index (κ3) is 3.57. The van der Waals surface area contributed by atoms with Gasteiger partial charge in [0.2, 0.25) is 0 Å². The summed E-state index contributed by atoms with van der Waals surface area (Å²) in [5.41, 5.74) is 0.528. The van der Waals surface area contributed by atoms with Gasteiger partial charge in [-0.1, -0.05) is 24.3 Å². The fourth-order valence-electron chi connectivity index (χ4n) is 1.35. The van der Waals surface area contributed by atoms with Crippen LogP contribution in [0.3, 0.4) is 0 Å². The van der Waals surface area contributed by atoms with Gasteiger partial charge in [-0.15, -0.1) is 0 Å². The lowest BCUT2D eigenvalue weighted by Crippen LogP contribution is -2.32. The van der Waals surface area contributed by atoms with Crippen LogP contribution in [0.15, 0.2) is 24.3 Å². The number of hydrogen-bond acceptors (Lipinski definition) is 3. The first kappa shape index (κ1) is 15.7. The van der Waals surface area contributed by atoms with Crippen molar-refractivity contribution in [2.75, 3.05) is 0 Å². The zero-order valence-electron chi connectivity index (χ0n) is 9.53. The summed E-state index contributed by atoms with van der Waals surface area (Å²) in [6.07, 6.45) is -0.0723. The van der Waals surface area contributed by atoms with Crippen molar-refractivity contribution in [3.8, 4) is 0 Å². The van der Waals surface area contributed by atoms with Crippen molar-refractivity contribution in [2.45, 2.75) is 18.1 Å². The number of carbonyl (C=O) groups is 1. The molecule has 6 nitrogen and oxygen atoms in total. The summed E-state index contributed by atoms with van der Waals surface area (Å²) in [6, 6.07) is 2.81. The van der Waals surface area contributed by atoms with Gasteiger partial charge in [-0.25, -0.2) is 0 Å². The van der Waals surface area contributed by atoms with Crippen LogP contribution in [0, 0.1) is 0 Å². The number of aliphatic carboxylic acids is 1. The zero-order chi connectivity index (χ0) is 14.8. The first-order valence-electron chi connectivity index (χ1n) is 5.07. The lowest BCUT2D eigenvalue weighted by atomic mass is 10.0. The summed E-state index contributed by atoms with van der Waals surface area (Å²) in [5, 5.41) is 8.59. The monoisotopic (exact) mass is 295 g/mol. The van der Waals surface area contributed by atoms with Crippen LogP contribution >= 0.6 is 7.60 Å². The summed E-state index contributed by atoms with van der Waals surface area (Å²) in [5.74, 6) is -1.23. The standard InChI is InChI=1S/C10H12F2NO5P/c11-10(12,19(16,17)18)7-3-1-6(2-4-7)5-8(13)9(14)15/h1-4,8H,5,13H2,(H,14,15)(H2,16,17,18). The molecule has 0 fully saturated rings. The second-order valence-corrected chi connectivity index (χ2v) is 5.58. The Hall–Kier alpha value is -1.34. The molecule has 0 heterocycles. The van der Waals surface area contributed by atoms with E-state index in [9.17, 15) is 18.1 Å². The largest absolute Gasteiger partial charge is 0.480 e. The van der Waals surface area contributed by atoms with Crippen LogP contribution < -0.4 is 5.73 Å². The Bertz CT molecular complexity index is 513. The van der Waals surface area contributed by atoms with Crippen molar-refractivity contribution in [1.29, 1.82) is 0 Å². The molecular formula is C10H12F2NO5P. The van der Waals surface area contributed by atoms with E-state index in [1.807, 2.05) is 0 Å². The maximum atomic E-state index is 13.3. The Balaban J connectivity index is 2.94. The van der Waals surface area contributed by atoms with E-state index in [2.05, 4.69) is 0 Å². The van der Waals surface area contributed by atoms with Gasteiger partial charge < -0.3 is 20.6 Å². The van der Waals surface area contributed by atoms with Crippen LogP contribution in [0.2, 0.25) is 0 Å². The maximum absolute atomic E-state index is 13.3. The summed E-state index contributed by atoms with van der Waals surface area (Å²) < 4.78 is 37.3. The first-order valence-corrected chi connectivity index (χ1v) is 6.68. The molecule has 1 aromatic carbocycles. The molecule has 0 spiro atoms. The van der Waals surface area contributed by atoms with Crippen molar-refractivity contribution >= 4 is 13.6 Å². The molecule has 0 aromatic heterocycles. The van der Waals surface area contributed by atoms with Crippen molar-refractivity contribution < 1.29 is 33.0 Å². The minimum atomic E-state index is -5.60. The number of carboxylic acids is 1. The second kappa shape index (κ2) is 5.34. The molecule has 0 saturated carbocycles. The number of benzene rings is 1. The number of hydrogen-bond donors (Lipinski definition) is 4. The third-order valence-corrected chi connectivity index (χ3v) is 3.43. The highest BCUT2D eigenvalue weighted by Crippen LogP contribution is 2.59. The predicted octanol–water partition coefficient (Wildman–Crippen LogP) is 0.868. The smallest absolute Gasteiger partial charge is 0.399 e.